The number of hydrogen-bond acceptors (Lipinski definition) is 8. The fourth-order valence-corrected chi connectivity index (χ4v) is 8.32. The summed E-state index contributed by atoms with van der Waals surface area (Å²) in [4.78, 5) is 61.0. The number of ether oxygens (including phenoxy) is 2. The number of rotatable bonds is 20. The number of hydrogen-bond donors (Lipinski definition) is 3. The number of nitrogens with zero attached hydrogens (tertiary/aromatic N) is 3. The second-order valence-corrected chi connectivity index (χ2v) is 16.3. The summed E-state index contributed by atoms with van der Waals surface area (Å²) in [5.74, 6) is -1.64. The molecule has 1 saturated heterocycles. The van der Waals surface area contributed by atoms with Gasteiger partial charge in [0.2, 0.25) is 23.6 Å². The van der Waals surface area contributed by atoms with Crippen LogP contribution in [-0.2, 0) is 28.7 Å². The second-order valence-electron chi connectivity index (χ2n) is 16.3. The minimum absolute atomic E-state index is 0.0186. The molecular formula is C41H71N5O7. The van der Waals surface area contributed by atoms with Gasteiger partial charge in [-0.1, -0.05) is 85.2 Å². The molecule has 10 atom stereocenters. The molecule has 0 spiro atoms. The molecule has 0 saturated carbocycles. The highest BCUT2D eigenvalue weighted by molar-refractivity contribution is 5.90. The van der Waals surface area contributed by atoms with Crippen molar-refractivity contribution in [2.45, 2.75) is 136 Å². The zero-order valence-corrected chi connectivity index (χ0v) is 35.0. The minimum atomic E-state index is -0.884. The standard InChI is InChI=1S/C41H71N5O7/c1-15-27(6)35(45(12)40(51)33(25(2)3)43-39(50)34(26(4)5)44(10)11)31(52-13)24-32(47)46-23-19-22-41(46,9)37(53-14)28(7)38(49)42-29(8)36(48)30-20-17-16-18-21-30/h16-18,20-21,25-29,31,33-37,48H,15,19,22-24H2,1-14H3,(H,42,49)(H,43,50)/t27?,28-,29?,31-,33+,34+,35?,36?,37-,41-/m1/s1. The molecule has 1 aliphatic rings. The Morgan fingerprint density at radius 1 is 0.906 bits per heavy atom. The lowest BCUT2D eigenvalue weighted by Gasteiger charge is -2.44. The summed E-state index contributed by atoms with van der Waals surface area (Å²) in [6, 6.07) is 7.03. The van der Waals surface area contributed by atoms with Gasteiger partial charge < -0.3 is 35.0 Å². The smallest absolute Gasteiger partial charge is 0.245 e. The Morgan fingerprint density at radius 3 is 2.00 bits per heavy atom. The van der Waals surface area contributed by atoms with Crippen molar-refractivity contribution in [3.8, 4) is 0 Å². The maximum atomic E-state index is 14.4. The van der Waals surface area contributed by atoms with Gasteiger partial charge in [-0.25, -0.2) is 0 Å². The van der Waals surface area contributed by atoms with Crippen LogP contribution in [0.15, 0.2) is 30.3 Å². The largest absolute Gasteiger partial charge is 0.386 e. The Bertz CT molecular complexity index is 1320. The molecule has 0 aromatic heterocycles. The molecule has 3 N–H and O–H groups in total. The van der Waals surface area contributed by atoms with Crippen molar-refractivity contribution in [2.24, 2.45) is 23.7 Å². The van der Waals surface area contributed by atoms with Crippen LogP contribution < -0.4 is 10.6 Å². The number of aliphatic hydroxyl groups is 1. The third-order valence-electron chi connectivity index (χ3n) is 11.5. The molecule has 1 heterocycles. The van der Waals surface area contributed by atoms with E-state index in [9.17, 15) is 24.3 Å². The van der Waals surface area contributed by atoms with Crippen molar-refractivity contribution < 1.29 is 33.8 Å². The molecule has 0 bridgehead atoms. The number of methoxy groups -OCH3 is 2. The lowest BCUT2D eigenvalue weighted by Crippen LogP contribution is -2.61. The second kappa shape index (κ2) is 20.6. The van der Waals surface area contributed by atoms with Crippen LogP contribution in [-0.4, -0.2) is 127 Å². The predicted molar refractivity (Wildman–Crippen MR) is 209 cm³/mol. The van der Waals surface area contributed by atoms with Gasteiger partial charge in [0.25, 0.3) is 0 Å². The molecule has 2 rings (SSSR count). The van der Waals surface area contributed by atoms with Crippen LogP contribution in [0.1, 0.15) is 99.7 Å². The predicted octanol–water partition coefficient (Wildman–Crippen LogP) is 4.26. The van der Waals surface area contributed by atoms with Crippen molar-refractivity contribution in [2.75, 3.05) is 41.9 Å². The van der Waals surface area contributed by atoms with E-state index in [0.717, 1.165) is 12.8 Å². The molecule has 4 amide bonds. The van der Waals surface area contributed by atoms with E-state index in [0.29, 0.717) is 18.5 Å². The highest BCUT2D eigenvalue weighted by Gasteiger charge is 2.50. The third-order valence-corrected chi connectivity index (χ3v) is 11.5. The van der Waals surface area contributed by atoms with Crippen molar-refractivity contribution in [3.05, 3.63) is 35.9 Å². The van der Waals surface area contributed by atoms with Crippen LogP contribution >= 0.6 is 0 Å². The fraction of sp³-hybridized carbons (Fsp3) is 0.756. The molecule has 1 aliphatic heterocycles. The third kappa shape index (κ3) is 11.2. The van der Waals surface area contributed by atoms with Crippen LogP contribution in [0, 0.1) is 23.7 Å². The molecule has 1 aromatic carbocycles. The number of carbonyl (C=O) groups excluding carboxylic acids is 4. The van der Waals surface area contributed by atoms with E-state index < -0.39 is 53.9 Å². The first-order valence-electron chi connectivity index (χ1n) is 19.4. The summed E-state index contributed by atoms with van der Waals surface area (Å²) < 4.78 is 12.1. The molecule has 0 radical (unpaired) electrons. The quantitative estimate of drug-likeness (QED) is 0.180. The van der Waals surface area contributed by atoms with Crippen LogP contribution in [0.5, 0.6) is 0 Å². The van der Waals surface area contributed by atoms with Crippen molar-refractivity contribution in [1.82, 2.24) is 25.3 Å². The molecule has 53 heavy (non-hydrogen) atoms. The summed E-state index contributed by atoms with van der Waals surface area (Å²) in [5, 5.41) is 16.9. The summed E-state index contributed by atoms with van der Waals surface area (Å²) in [5.41, 5.74) is -0.0811. The van der Waals surface area contributed by atoms with E-state index >= 15 is 0 Å². The normalized spacial score (nSPS) is 21.4. The Morgan fingerprint density at radius 2 is 1.51 bits per heavy atom. The summed E-state index contributed by atoms with van der Waals surface area (Å²) in [6.07, 6.45) is -0.00520. The van der Waals surface area contributed by atoms with E-state index in [1.54, 1.807) is 40.0 Å². The van der Waals surface area contributed by atoms with Crippen LogP contribution in [0.2, 0.25) is 0 Å². The number of likely N-dealkylation sites (N-methyl/N-ethyl adjacent to an activating group) is 2. The Kier molecular flexibility index (Phi) is 17.9. The average molecular weight is 746 g/mol. The average Bonchev–Trinajstić information content (AvgIpc) is 3.51. The fourth-order valence-electron chi connectivity index (χ4n) is 8.32. The van der Waals surface area contributed by atoms with E-state index in [4.69, 9.17) is 9.47 Å². The van der Waals surface area contributed by atoms with Gasteiger partial charge >= 0.3 is 0 Å². The number of amides is 4. The lowest BCUT2D eigenvalue weighted by atomic mass is 9.82. The van der Waals surface area contributed by atoms with Gasteiger partial charge in [-0.15, -0.1) is 0 Å². The van der Waals surface area contributed by atoms with Crippen LogP contribution in [0.25, 0.3) is 0 Å². The number of aliphatic hydroxyl groups excluding tert-OH is 1. The van der Waals surface area contributed by atoms with Gasteiger partial charge in [-0.3, -0.25) is 24.1 Å². The first-order valence-corrected chi connectivity index (χ1v) is 19.4. The molecule has 1 aromatic rings. The van der Waals surface area contributed by atoms with Gasteiger partial charge in [-0.05, 0) is 64.1 Å². The van der Waals surface area contributed by atoms with Crippen LogP contribution in [0.3, 0.4) is 0 Å². The Labute approximate surface area is 319 Å². The Balaban J connectivity index is 2.31. The molecule has 12 nitrogen and oxygen atoms in total. The van der Waals surface area contributed by atoms with Crippen molar-refractivity contribution in [1.29, 1.82) is 0 Å². The first-order chi connectivity index (χ1) is 24.8. The van der Waals surface area contributed by atoms with Gasteiger partial charge in [0.15, 0.2) is 0 Å². The maximum Gasteiger partial charge on any atom is 0.245 e. The van der Waals surface area contributed by atoms with Gasteiger partial charge in [0.05, 0.1) is 54.3 Å². The highest BCUT2D eigenvalue weighted by atomic mass is 16.5. The van der Waals surface area contributed by atoms with E-state index in [-0.39, 0.29) is 47.8 Å². The molecule has 4 unspecified atom stereocenters. The van der Waals surface area contributed by atoms with Crippen molar-refractivity contribution >= 4 is 23.6 Å². The van der Waals surface area contributed by atoms with Gasteiger partial charge in [0.1, 0.15) is 6.04 Å². The summed E-state index contributed by atoms with van der Waals surface area (Å²) in [7, 11) is 8.58. The zero-order valence-electron chi connectivity index (χ0n) is 35.0. The van der Waals surface area contributed by atoms with Gasteiger partial charge in [0, 0.05) is 27.8 Å². The van der Waals surface area contributed by atoms with E-state index in [1.807, 2.05) is 103 Å². The number of likely N-dealkylation sites (tertiary alicyclic amines) is 1. The molecule has 12 heteroatoms. The van der Waals surface area contributed by atoms with Crippen molar-refractivity contribution in [3.63, 3.8) is 0 Å². The minimum Gasteiger partial charge on any atom is -0.386 e. The molecule has 1 fully saturated rings. The topological polar surface area (TPSA) is 141 Å². The molecule has 0 aliphatic carbocycles. The highest BCUT2D eigenvalue weighted by Crippen LogP contribution is 2.38. The van der Waals surface area contributed by atoms with Gasteiger partial charge in [-0.2, -0.15) is 0 Å². The number of carbonyl (C=O) groups is 4. The lowest BCUT2D eigenvalue weighted by molar-refractivity contribution is -0.152. The molecular weight excluding hydrogens is 674 g/mol. The molecule has 302 valence electrons. The zero-order chi connectivity index (χ0) is 40.4. The Hall–Kier alpha value is -3.06. The number of benzene rings is 1. The van der Waals surface area contributed by atoms with E-state index in [1.165, 1.54) is 0 Å². The maximum absolute atomic E-state index is 14.4. The summed E-state index contributed by atoms with van der Waals surface area (Å²) >= 11 is 0. The SMILES string of the molecule is CCC(C)C([C@@H](CC(=O)N1CCC[C@]1(C)[C@H](OC)[C@@H](C)C(=O)NC(C)C(O)c1ccccc1)OC)N(C)C(=O)[C@@H](NC(=O)[C@H](C(C)C)N(C)C)C(C)C. The van der Waals surface area contributed by atoms with E-state index in [2.05, 4.69) is 10.6 Å². The number of nitrogens with one attached hydrogen (secondary N) is 2. The first kappa shape index (κ1) is 46.1. The monoisotopic (exact) mass is 746 g/mol. The summed E-state index contributed by atoms with van der Waals surface area (Å²) in [6.45, 7) is 17.9. The van der Waals surface area contributed by atoms with Crippen LogP contribution in [0.4, 0.5) is 0 Å².